The number of carbonyl (C=O) groups excluding carboxylic acids is 3. The number of nitrogens with one attached hydrogen (secondary N) is 2. The molecule has 2 rings (SSSR count). The van der Waals surface area contributed by atoms with E-state index in [1.807, 2.05) is 6.07 Å². The summed E-state index contributed by atoms with van der Waals surface area (Å²) in [5.41, 5.74) is 4.56. The minimum atomic E-state index is -0.784. The molecule has 1 aromatic carbocycles. The SMILES string of the molecule is C[C@@H](Oc1cccc(Br)c1)C(=O)NNC(=O)CN1CCSC1=O. The molecule has 3 amide bonds. The first-order valence-corrected chi connectivity index (χ1v) is 8.66. The zero-order chi connectivity index (χ0) is 16.8. The summed E-state index contributed by atoms with van der Waals surface area (Å²) >= 11 is 4.49. The van der Waals surface area contributed by atoms with E-state index >= 15 is 0 Å². The van der Waals surface area contributed by atoms with Crippen molar-refractivity contribution >= 4 is 44.7 Å². The van der Waals surface area contributed by atoms with Crippen LogP contribution in [-0.4, -0.2) is 46.9 Å². The van der Waals surface area contributed by atoms with Crippen LogP contribution < -0.4 is 15.6 Å². The molecule has 0 unspecified atom stereocenters. The van der Waals surface area contributed by atoms with Crippen molar-refractivity contribution in [1.82, 2.24) is 15.8 Å². The molecule has 0 bridgehead atoms. The van der Waals surface area contributed by atoms with Crippen LogP contribution >= 0.6 is 27.7 Å². The molecule has 1 heterocycles. The molecule has 0 aromatic heterocycles. The normalized spacial score (nSPS) is 15.2. The van der Waals surface area contributed by atoms with Crippen molar-refractivity contribution in [2.75, 3.05) is 18.8 Å². The van der Waals surface area contributed by atoms with Gasteiger partial charge in [-0.15, -0.1) is 0 Å². The minimum absolute atomic E-state index is 0.0764. The zero-order valence-electron chi connectivity index (χ0n) is 12.4. The summed E-state index contributed by atoms with van der Waals surface area (Å²) in [4.78, 5) is 36.4. The number of hydrogen-bond donors (Lipinski definition) is 2. The number of hydrogen-bond acceptors (Lipinski definition) is 5. The van der Waals surface area contributed by atoms with Crippen molar-refractivity contribution in [3.8, 4) is 5.75 Å². The molecule has 7 nitrogen and oxygen atoms in total. The van der Waals surface area contributed by atoms with Crippen LogP contribution in [0.2, 0.25) is 0 Å². The summed E-state index contributed by atoms with van der Waals surface area (Å²) in [6.07, 6.45) is -0.784. The van der Waals surface area contributed by atoms with E-state index in [2.05, 4.69) is 26.8 Å². The van der Waals surface area contributed by atoms with Gasteiger partial charge in [0, 0.05) is 16.8 Å². The Balaban J connectivity index is 1.75. The highest BCUT2D eigenvalue weighted by molar-refractivity contribution is 9.10. The lowest BCUT2D eigenvalue weighted by atomic mass is 10.3. The number of ether oxygens (including phenoxy) is 1. The second-order valence-electron chi connectivity index (χ2n) is 4.79. The highest BCUT2D eigenvalue weighted by Gasteiger charge is 2.23. The Bertz CT molecular complexity index is 613. The molecule has 1 aromatic rings. The van der Waals surface area contributed by atoms with Crippen molar-refractivity contribution < 1.29 is 19.1 Å². The van der Waals surface area contributed by atoms with Gasteiger partial charge in [-0.05, 0) is 25.1 Å². The topological polar surface area (TPSA) is 87.7 Å². The highest BCUT2D eigenvalue weighted by Crippen LogP contribution is 2.19. The Kier molecular flexibility index (Phi) is 6.28. The number of benzene rings is 1. The lowest BCUT2D eigenvalue weighted by Gasteiger charge is -2.17. The molecule has 1 fully saturated rings. The summed E-state index contributed by atoms with van der Waals surface area (Å²) in [6.45, 7) is 2.03. The Labute approximate surface area is 146 Å². The number of rotatable bonds is 5. The number of amides is 3. The molecule has 23 heavy (non-hydrogen) atoms. The number of thioether (sulfide) groups is 1. The molecule has 1 atom stereocenters. The monoisotopic (exact) mass is 401 g/mol. The van der Waals surface area contributed by atoms with Gasteiger partial charge < -0.3 is 9.64 Å². The Morgan fingerprint density at radius 2 is 2.22 bits per heavy atom. The van der Waals surface area contributed by atoms with Gasteiger partial charge in [0.2, 0.25) is 0 Å². The number of hydrazine groups is 1. The third-order valence-electron chi connectivity index (χ3n) is 2.98. The fraction of sp³-hybridized carbons (Fsp3) is 0.357. The third-order valence-corrected chi connectivity index (χ3v) is 4.37. The van der Waals surface area contributed by atoms with Crippen molar-refractivity contribution in [2.45, 2.75) is 13.0 Å². The second kappa shape index (κ2) is 8.21. The Morgan fingerprint density at radius 3 is 2.87 bits per heavy atom. The van der Waals surface area contributed by atoms with E-state index in [1.165, 1.54) is 16.7 Å². The van der Waals surface area contributed by atoms with Crippen LogP contribution in [-0.2, 0) is 9.59 Å². The molecule has 0 spiro atoms. The van der Waals surface area contributed by atoms with Gasteiger partial charge >= 0.3 is 0 Å². The largest absolute Gasteiger partial charge is 0.481 e. The highest BCUT2D eigenvalue weighted by atomic mass is 79.9. The van der Waals surface area contributed by atoms with Crippen molar-refractivity contribution in [3.05, 3.63) is 28.7 Å². The van der Waals surface area contributed by atoms with Crippen molar-refractivity contribution in [2.24, 2.45) is 0 Å². The summed E-state index contributed by atoms with van der Waals surface area (Å²) in [6, 6.07) is 7.09. The molecular weight excluding hydrogens is 386 g/mol. The van der Waals surface area contributed by atoms with Crippen LogP contribution in [0.4, 0.5) is 4.79 Å². The first-order chi connectivity index (χ1) is 11.0. The van der Waals surface area contributed by atoms with Gasteiger partial charge in [-0.2, -0.15) is 0 Å². The van der Waals surface area contributed by atoms with E-state index in [-0.39, 0.29) is 11.8 Å². The predicted molar refractivity (Wildman–Crippen MR) is 89.9 cm³/mol. The average molecular weight is 402 g/mol. The average Bonchev–Trinajstić information content (AvgIpc) is 2.90. The number of halogens is 1. The summed E-state index contributed by atoms with van der Waals surface area (Å²) < 4.78 is 6.32. The first kappa shape index (κ1) is 17.6. The standard InChI is InChI=1S/C14H16BrN3O4S/c1-9(22-11-4-2-3-10(15)7-11)13(20)17-16-12(19)8-18-5-6-23-14(18)21/h2-4,7,9H,5-6,8H2,1H3,(H,16,19)(H,17,20)/t9-/m1/s1. The quantitative estimate of drug-likeness (QED) is 0.730. The van der Waals surface area contributed by atoms with Crippen LogP contribution in [0.3, 0.4) is 0 Å². The van der Waals surface area contributed by atoms with Crippen LogP contribution in [0, 0.1) is 0 Å². The Hall–Kier alpha value is -1.74. The first-order valence-electron chi connectivity index (χ1n) is 6.88. The van der Waals surface area contributed by atoms with E-state index in [0.29, 0.717) is 18.0 Å². The smallest absolute Gasteiger partial charge is 0.282 e. The zero-order valence-corrected chi connectivity index (χ0v) is 14.8. The van der Waals surface area contributed by atoms with Crippen LogP contribution in [0.5, 0.6) is 5.75 Å². The van der Waals surface area contributed by atoms with E-state index < -0.39 is 17.9 Å². The molecule has 0 saturated carbocycles. The van der Waals surface area contributed by atoms with Crippen molar-refractivity contribution in [1.29, 1.82) is 0 Å². The molecule has 1 aliphatic heterocycles. The lowest BCUT2D eigenvalue weighted by molar-refractivity contribution is -0.132. The minimum Gasteiger partial charge on any atom is -0.481 e. The van der Waals surface area contributed by atoms with Gasteiger partial charge in [-0.3, -0.25) is 25.2 Å². The summed E-state index contributed by atoms with van der Waals surface area (Å²) in [7, 11) is 0. The Morgan fingerprint density at radius 1 is 1.43 bits per heavy atom. The number of carbonyl (C=O) groups is 3. The maximum atomic E-state index is 11.9. The molecule has 9 heteroatoms. The maximum absolute atomic E-state index is 11.9. The summed E-state index contributed by atoms with van der Waals surface area (Å²) in [5.74, 6) is 0.271. The molecule has 2 N–H and O–H groups in total. The van der Waals surface area contributed by atoms with Gasteiger partial charge in [0.1, 0.15) is 12.3 Å². The van der Waals surface area contributed by atoms with E-state index in [4.69, 9.17) is 4.74 Å². The molecular formula is C14H16BrN3O4S. The van der Waals surface area contributed by atoms with E-state index in [9.17, 15) is 14.4 Å². The van der Waals surface area contributed by atoms with Gasteiger partial charge in [-0.25, -0.2) is 0 Å². The predicted octanol–water partition coefficient (Wildman–Crippen LogP) is 1.53. The van der Waals surface area contributed by atoms with Crippen LogP contribution in [0.25, 0.3) is 0 Å². The van der Waals surface area contributed by atoms with Crippen LogP contribution in [0.1, 0.15) is 6.92 Å². The van der Waals surface area contributed by atoms with E-state index in [1.54, 1.807) is 25.1 Å². The molecule has 1 aliphatic rings. The fourth-order valence-corrected chi connectivity index (χ4v) is 3.02. The van der Waals surface area contributed by atoms with Gasteiger partial charge in [0.05, 0.1) is 0 Å². The summed E-state index contributed by atoms with van der Waals surface area (Å²) in [5, 5.41) is -0.127. The lowest BCUT2D eigenvalue weighted by Crippen LogP contribution is -2.50. The maximum Gasteiger partial charge on any atom is 0.282 e. The second-order valence-corrected chi connectivity index (χ2v) is 6.75. The third kappa shape index (κ3) is 5.43. The van der Waals surface area contributed by atoms with Crippen LogP contribution in [0.15, 0.2) is 28.7 Å². The molecule has 0 radical (unpaired) electrons. The molecule has 0 aliphatic carbocycles. The molecule has 124 valence electrons. The number of nitrogens with zero attached hydrogens (tertiary/aromatic N) is 1. The van der Waals surface area contributed by atoms with Gasteiger partial charge in [0.15, 0.2) is 6.10 Å². The van der Waals surface area contributed by atoms with E-state index in [0.717, 1.165) is 4.47 Å². The fourth-order valence-electron chi connectivity index (χ4n) is 1.81. The van der Waals surface area contributed by atoms with Gasteiger partial charge in [0.25, 0.3) is 17.1 Å². The van der Waals surface area contributed by atoms with Gasteiger partial charge in [-0.1, -0.05) is 33.8 Å². The van der Waals surface area contributed by atoms with Crippen molar-refractivity contribution in [3.63, 3.8) is 0 Å². The molecule has 1 saturated heterocycles.